The highest BCUT2D eigenvalue weighted by atomic mass is 32.1. The van der Waals surface area contributed by atoms with Gasteiger partial charge in [0.05, 0.1) is 4.92 Å². The van der Waals surface area contributed by atoms with Gasteiger partial charge in [-0.25, -0.2) is 0 Å². The summed E-state index contributed by atoms with van der Waals surface area (Å²) in [5.74, 6) is -0.305. The molecule has 0 aromatic heterocycles. The molecule has 9 nitrogen and oxygen atoms in total. The summed E-state index contributed by atoms with van der Waals surface area (Å²) in [6.07, 6.45) is 0. The van der Waals surface area contributed by atoms with E-state index in [1.165, 1.54) is 24.3 Å². The fraction of sp³-hybridized carbons (Fsp3) is 0.211. The second-order valence-corrected chi connectivity index (χ2v) is 6.68. The van der Waals surface area contributed by atoms with Gasteiger partial charge < -0.3 is 4.74 Å². The third kappa shape index (κ3) is 6.85. The number of benzene rings is 2. The first-order valence-corrected chi connectivity index (χ1v) is 9.04. The summed E-state index contributed by atoms with van der Waals surface area (Å²) in [4.78, 5) is 34.0. The van der Waals surface area contributed by atoms with Gasteiger partial charge in [-0.1, -0.05) is 26.0 Å². The largest absolute Gasteiger partial charge is 0.484 e. The summed E-state index contributed by atoms with van der Waals surface area (Å²) < 4.78 is 5.21. The fourth-order valence-electron chi connectivity index (χ4n) is 2.20. The quantitative estimate of drug-likeness (QED) is 0.375. The first-order valence-electron chi connectivity index (χ1n) is 8.63. The van der Waals surface area contributed by atoms with E-state index < -0.39 is 16.7 Å². The zero-order chi connectivity index (χ0) is 21.4. The van der Waals surface area contributed by atoms with Gasteiger partial charge in [-0.15, -0.1) is 0 Å². The fourth-order valence-corrected chi connectivity index (χ4v) is 2.35. The van der Waals surface area contributed by atoms with Crippen LogP contribution < -0.4 is 20.9 Å². The molecule has 0 radical (unpaired) electrons. The minimum absolute atomic E-state index is 0.0772. The molecule has 152 valence electrons. The van der Waals surface area contributed by atoms with Crippen molar-refractivity contribution in [2.24, 2.45) is 0 Å². The van der Waals surface area contributed by atoms with Crippen LogP contribution in [-0.4, -0.2) is 28.5 Å². The van der Waals surface area contributed by atoms with Crippen molar-refractivity contribution in [2.75, 3.05) is 6.61 Å². The van der Waals surface area contributed by atoms with E-state index in [1.54, 1.807) is 12.1 Å². The third-order valence-electron chi connectivity index (χ3n) is 3.80. The zero-order valence-corrected chi connectivity index (χ0v) is 16.6. The van der Waals surface area contributed by atoms with E-state index in [1.807, 2.05) is 12.1 Å². The molecule has 0 saturated heterocycles. The van der Waals surface area contributed by atoms with Gasteiger partial charge in [-0.3, -0.25) is 35.9 Å². The van der Waals surface area contributed by atoms with Crippen molar-refractivity contribution in [1.29, 1.82) is 0 Å². The van der Waals surface area contributed by atoms with Gasteiger partial charge in [0.15, 0.2) is 11.7 Å². The van der Waals surface area contributed by atoms with Crippen molar-refractivity contribution >= 4 is 34.8 Å². The van der Waals surface area contributed by atoms with E-state index in [9.17, 15) is 19.7 Å². The van der Waals surface area contributed by atoms with Crippen LogP contribution in [0.3, 0.4) is 0 Å². The van der Waals surface area contributed by atoms with Gasteiger partial charge in [0, 0.05) is 17.7 Å². The SMILES string of the molecule is CC(C)c1ccc(C(=O)NC(=S)NNC(=O)COc2ccc([N+](=O)[O-])cc2)cc1. The molecule has 0 aliphatic rings. The Bertz CT molecular complexity index is 898. The van der Waals surface area contributed by atoms with Crippen LogP contribution in [-0.2, 0) is 4.79 Å². The van der Waals surface area contributed by atoms with Crippen molar-refractivity contribution in [3.63, 3.8) is 0 Å². The van der Waals surface area contributed by atoms with Gasteiger partial charge in [-0.2, -0.15) is 0 Å². The molecule has 3 N–H and O–H groups in total. The van der Waals surface area contributed by atoms with Crippen LogP contribution in [0.2, 0.25) is 0 Å². The first-order chi connectivity index (χ1) is 13.8. The Labute approximate surface area is 172 Å². The normalized spacial score (nSPS) is 10.2. The molecule has 0 bridgehead atoms. The van der Waals surface area contributed by atoms with Crippen LogP contribution in [0.4, 0.5) is 5.69 Å². The van der Waals surface area contributed by atoms with Gasteiger partial charge in [0.2, 0.25) is 0 Å². The molecule has 29 heavy (non-hydrogen) atoms. The van der Waals surface area contributed by atoms with Gasteiger partial charge in [0.1, 0.15) is 5.75 Å². The highest BCUT2D eigenvalue weighted by Crippen LogP contribution is 2.17. The van der Waals surface area contributed by atoms with Crippen molar-refractivity contribution in [3.8, 4) is 5.75 Å². The Hall–Kier alpha value is -3.53. The topological polar surface area (TPSA) is 123 Å². The maximum atomic E-state index is 12.1. The van der Waals surface area contributed by atoms with E-state index in [0.717, 1.165) is 5.56 Å². The molecular weight excluding hydrogens is 396 g/mol. The van der Waals surface area contributed by atoms with Crippen LogP contribution in [0.15, 0.2) is 48.5 Å². The van der Waals surface area contributed by atoms with Gasteiger partial charge in [-0.05, 0) is 48.0 Å². The number of nitrogens with one attached hydrogen (secondary N) is 3. The molecule has 0 aliphatic carbocycles. The maximum Gasteiger partial charge on any atom is 0.276 e. The summed E-state index contributed by atoms with van der Waals surface area (Å²) in [6, 6.07) is 12.4. The second-order valence-electron chi connectivity index (χ2n) is 6.27. The first kappa shape index (κ1) is 21.8. The molecule has 0 heterocycles. The molecular formula is C19H20N4O5S. The van der Waals surface area contributed by atoms with E-state index in [-0.39, 0.29) is 17.4 Å². The lowest BCUT2D eigenvalue weighted by Gasteiger charge is -2.12. The third-order valence-corrected chi connectivity index (χ3v) is 4.00. The average Bonchev–Trinajstić information content (AvgIpc) is 2.71. The van der Waals surface area contributed by atoms with Crippen LogP contribution in [0, 0.1) is 10.1 Å². The van der Waals surface area contributed by atoms with E-state index in [2.05, 4.69) is 30.0 Å². The Balaban J connectivity index is 1.74. The summed E-state index contributed by atoms with van der Waals surface area (Å²) in [5, 5.41) is 13.0. The predicted octanol–water partition coefficient (Wildman–Crippen LogP) is 2.43. The number of ether oxygens (including phenoxy) is 1. The van der Waals surface area contributed by atoms with Gasteiger partial charge in [0.25, 0.3) is 17.5 Å². The number of hydrogen-bond donors (Lipinski definition) is 3. The van der Waals surface area contributed by atoms with Crippen molar-refractivity contribution in [3.05, 3.63) is 69.8 Å². The molecule has 0 saturated carbocycles. The van der Waals surface area contributed by atoms with E-state index in [0.29, 0.717) is 17.2 Å². The molecule has 0 atom stereocenters. The Morgan fingerprint density at radius 1 is 1.07 bits per heavy atom. The van der Waals surface area contributed by atoms with Crippen LogP contribution in [0.5, 0.6) is 5.75 Å². The van der Waals surface area contributed by atoms with Gasteiger partial charge >= 0.3 is 0 Å². The zero-order valence-electron chi connectivity index (χ0n) is 15.8. The number of nitro benzene ring substituents is 1. The summed E-state index contributed by atoms with van der Waals surface area (Å²) in [7, 11) is 0. The average molecular weight is 416 g/mol. The standard InChI is InChI=1S/C19H20N4O5S/c1-12(2)13-3-5-14(6-4-13)18(25)20-19(29)22-21-17(24)11-28-16-9-7-15(8-10-16)23(26)27/h3-10,12H,11H2,1-2H3,(H,21,24)(H2,20,22,25,29). The number of thiocarbonyl (C=S) groups is 1. The lowest BCUT2D eigenvalue weighted by Crippen LogP contribution is -2.49. The molecule has 0 aliphatic heterocycles. The van der Waals surface area contributed by atoms with Crippen molar-refractivity contribution in [1.82, 2.24) is 16.2 Å². The summed E-state index contributed by atoms with van der Waals surface area (Å²) >= 11 is 4.97. The maximum absolute atomic E-state index is 12.1. The van der Waals surface area contributed by atoms with E-state index in [4.69, 9.17) is 17.0 Å². The molecule has 0 spiro atoms. The Morgan fingerprint density at radius 3 is 2.24 bits per heavy atom. The Morgan fingerprint density at radius 2 is 1.69 bits per heavy atom. The summed E-state index contributed by atoms with van der Waals surface area (Å²) in [5.41, 5.74) is 6.16. The highest BCUT2D eigenvalue weighted by Gasteiger charge is 2.10. The minimum Gasteiger partial charge on any atom is -0.484 e. The number of nitro groups is 1. The number of amides is 2. The molecule has 2 amide bonds. The molecule has 2 aromatic rings. The summed E-state index contributed by atoms with van der Waals surface area (Å²) in [6.45, 7) is 3.77. The molecule has 0 fully saturated rings. The van der Waals surface area contributed by atoms with Crippen molar-refractivity contribution in [2.45, 2.75) is 19.8 Å². The smallest absolute Gasteiger partial charge is 0.276 e. The monoisotopic (exact) mass is 416 g/mol. The lowest BCUT2D eigenvalue weighted by atomic mass is 10.0. The highest BCUT2D eigenvalue weighted by molar-refractivity contribution is 7.80. The second kappa shape index (κ2) is 10.1. The number of nitrogens with zero attached hydrogens (tertiary/aromatic N) is 1. The molecule has 10 heteroatoms. The van der Waals surface area contributed by atoms with Crippen LogP contribution in [0.25, 0.3) is 0 Å². The Kier molecular flexibility index (Phi) is 7.61. The van der Waals surface area contributed by atoms with Crippen molar-refractivity contribution < 1.29 is 19.2 Å². The van der Waals surface area contributed by atoms with Crippen LogP contribution in [0.1, 0.15) is 35.7 Å². The lowest BCUT2D eigenvalue weighted by molar-refractivity contribution is -0.384. The number of non-ortho nitro benzene ring substituents is 1. The number of carbonyl (C=O) groups excluding carboxylic acids is 2. The van der Waals surface area contributed by atoms with Crippen LogP contribution >= 0.6 is 12.2 Å². The number of carbonyl (C=O) groups is 2. The molecule has 2 rings (SSSR count). The number of hydrogen-bond acceptors (Lipinski definition) is 6. The predicted molar refractivity (Wildman–Crippen MR) is 110 cm³/mol. The molecule has 2 aromatic carbocycles. The number of hydrazine groups is 1. The number of rotatable bonds is 6. The minimum atomic E-state index is -0.554. The molecule has 0 unspecified atom stereocenters. The van der Waals surface area contributed by atoms with E-state index >= 15 is 0 Å².